The van der Waals surface area contributed by atoms with Crippen LogP contribution in [0.3, 0.4) is 0 Å². The number of amides is 1. The molecule has 1 aliphatic rings. The normalized spacial score (nSPS) is 16.6. The molecule has 3 rings (SSSR count). The Labute approximate surface area is 177 Å². The van der Waals surface area contributed by atoms with E-state index in [9.17, 15) is 24.7 Å². The molecule has 30 heavy (non-hydrogen) atoms. The van der Waals surface area contributed by atoms with Gasteiger partial charge in [-0.2, -0.15) is 5.26 Å². The number of carbonyl (C=O) groups is 1. The maximum atomic E-state index is 13.3. The van der Waals surface area contributed by atoms with E-state index in [1.807, 2.05) is 11.0 Å². The van der Waals surface area contributed by atoms with E-state index in [2.05, 4.69) is 15.3 Å². The molecule has 1 aromatic heterocycles. The highest BCUT2D eigenvalue weighted by molar-refractivity contribution is 6.29. The summed E-state index contributed by atoms with van der Waals surface area (Å²) >= 11 is 5.71. The van der Waals surface area contributed by atoms with Crippen LogP contribution in [0.5, 0.6) is 0 Å². The largest absolute Gasteiger partial charge is 0.383 e. The van der Waals surface area contributed by atoms with Crippen molar-refractivity contribution in [2.24, 2.45) is 5.92 Å². The first-order valence-electron chi connectivity index (χ1n) is 9.45. The van der Waals surface area contributed by atoms with Crippen LogP contribution >= 0.6 is 11.6 Å². The number of nitriles is 1. The molecule has 1 aliphatic heterocycles. The van der Waals surface area contributed by atoms with Crippen LogP contribution in [0.15, 0.2) is 30.6 Å². The van der Waals surface area contributed by atoms with Crippen molar-refractivity contribution in [1.82, 2.24) is 15.3 Å². The van der Waals surface area contributed by atoms with Gasteiger partial charge < -0.3 is 20.4 Å². The van der Waals surface area contributed by atoms with E-state index in [4.69, 9.17) is 11.6 Å². The van der Waals surface area contributed by atoms with Gasteiger partial charge in [-0.25, -0.2) is 9.37 Å². The summed E-state index contributed by atoms with van der Waals surface area (Å²) in [6, 6.07) is 6.17. The minimum atomic E-state index is -1.70. The molecule has 158 valence electrons. The maximum absolute atomic E-state index is 13.3. The first-order chi connectivity index (χ1) is 14.4. The molecule has 0 spiro atoms. The zero-order valence-electron chi connectivity index (χ0n) is 16.0. The molecule has 0 bridgehead atoms. The topological polar surface area (TPSA) is 122 Å². The molecule has 1 amide bonds. The Hall–Kier alpha value is -2.80. The van der Waals surface area contributed by atoms with Gasteiger partial charge in [-0.15, -0.1) is 0 Å². The van der Waals surface area contributed by atoms with Crippen molar-refractivity contribution in [3.63, 3.8) is 0 Å². The molecule has 1 aromatic carbocycles. The number of hydrogen-bond acceptors (Lipinski definition) is 7. The van der Waals surface area contributed by atoms with Crippen LogP contribution in [-0.2, 0) is 4.79 Å². The fourth-order valence-electron chi connectivity index (χ4n) is 3.40. The van der Waals surface area contributed by atoms with Crippen LogP contribution in [0.4, 0.5) is 10.1 Å². The number of halogens is 2. The lowest BCUT2D eigenvalue weighted by molar-refractivity contribution is -0.135. The number of hydrogen-bond donors (Lipinski definition) is 3. The van der Waals surface area contributed by atoms with Crippen LogP contribution in [0.25, 0.3) is 0 Å². The van der Waals surface area contributed by atoms with Gasteiger partial charge in [-0.3, -0.25) is 9.78 Å². The van der Waals surface area contributed by atoms with E-state index >= 15 is 0 Å². The van der Waals surface area contributed by atoms with Gasteiger partial charge >= 0.3 is 0 Å². The molecule has 10 heteroatoms. The lowest BCUT2D eigenvalue weighted by Gasteiger charge is -2.34. The third-order valence-corrected chi connectivity index (χ3v) is 5.28. The number of aromatic nitrogens is 2. The number of rotatable bonds is 6. The summed E-state index contributed by atoms with van der Waals surface area (Å²) in [4.78, 5) is 21.8. The van der Waals surface area contributed by atoms with Crippen LogP contribution in [0.1, 0.15) is 30.2 Å². The van der Waals surface area contributed by atoms with Crippen molar-refractivity contribution in [2.75, 3.05) is 24.5 Å². The highest BCUT2D eigenvalue weighted by Crippen LogP contribution is 2.26. The standard InChI is InChI=1S/C20H21ClFN5O3/c21-17-11-24-10-15(26-17)18(28)19(29)20(30)25-9-12-3-5-27(6-4-12)16-2-1-14(22)7-13(16)8-23/h1-2,7,10-12,18-19,28-29H,3-6,9H2,(H,25,30)/t18-,19+/m0/s1. The number of aliphatic hydroxyl groups is 2. The summed E-state index contributed by atoms with van der Waals surface area (Å²) in [5.74, 6) is -0.985. The fraction of sp³-hybridized carbons (Fsp3) is 0.400. The van der Waals surface area contributed by atoms with Gasteiger partial charge in [0, 0.05) is 19.6 Å². The summed E-state index contributed by atoms with van der Waals surface area (Å²) in [5, 5.41) is 32.1. The Morgan fingerprint density at radius 1 is 1.37 bits per heavy atom. The zero-order chi connectivity index (χ0) is 21.7. The van der Waals surface area contributed by atoms with E-state index in [0.717, 1.165) is 12.8 Å². The number of carbonyl (C=O) groups excluding carboxylic acids is 1. The van der Waals surface area contributed by atoms with Crippen molar-refractivity contribution < 1.29 is 19.4 Å². The van der Waals surface area contributed by atoms with Crippen LogP contribution < -0.4 is 10.2 Å². The van der Waals surface area contributed by atoms with Gasteiger partial charge in [0.2, 0.25) is 0 Å². The molecular weight excluding hydrogens is 413 g/mol. The lowest BCUT2D eigenvalue weighted by atomic mass is 9.95. The number of nitrogens with one attached hydrogen (secondary N) is 1. The molecule has 0 saturated carbocycles. The van der Waals surface area contributed by atoms with Gasteiger partial charge in [0.05, 0.1) is 29.3 Å². The predicted octanol–water partition coefficient (Wildman–Crippen LogP) is 1.57. The minimum Gasteiger partial charge on any atom is -0.383 e. The van der Waals surface area contributed by atoms with Crippen molar-refractivity contribution in [3.8, 4) is 6.07 Å². The Morgan fingerprint density at radius 2 is 2.10 bits per heavy atom. The number of piperidine rings is 1. The number of anilines is 1. The minimum absolute atomic E-state index is 0.00560. The Balaban J connectivity index is 1.50. The van der Waals surface area contributed by atoms with E-state index in [-0.39, 0.29) is 16.8 Å². The fourth-order valence-corrected chi connectivity index (χ4v) is 3.56. The summed E-state index contributed by atoms with van der Waals surface area (Å²) in [5.41, 5.74) is 0.997. The molecule has 3 N–H and O–H groups in total. The van der Waals surface area contributed by atoms with E-state index in [1.165, 1.54) is 24.5 Å². The molecule has 2 aromatic rings. The van der Waals surface area contributed by atoms with Gasteiger partial charge in [0.1, 0.15) is 23.1 Å². The number of nitrogens with zero attached hydrogens (tertiary/aromatic N) is 4. The SMILES string of the molecule is N#Cc1cc(F)ccc1N1CCC(CNC(=O)[C@H](O)[C@@H](O)c2cncc(Cl)n2)CC1. The Kier molecular flexibility index (Phi) is 7.15. The third-order valence-electron chi connectivity index (χ3n) is 5.09. The van der Waals surface area contributed by atoms with E-state index < -0.39 is 23.9 Å². The van der Waals surface area contributed by atoms with Crippen LogP contribution in [0, 0.1) is 23.1 Å². The third kappa shape index (κ3) is 5.21. The second-order valence-corrected chi connectivity index (χ2v) is 7.49. The Bertz CT molecular complexity index is 946. The molecule has 1 fully saturated rings. The van der Waals surface area contributed by atoms with Crippen molar-refractivity contribution >= 4 is 23.2 Å². The monoisotopic (exact) mass is 433 g/mol. The molecular formula is C20H21ClFN5O3. The molecule has 0 aliphatic carbocycles. The molecule has 0 unspecified atom stereocenters. The highest BCUT2D eigenvalue weighted by atomic mass is 35.5. The summed E-state index contributed by atoms with van der Waals surface area (Å²) < 4.78 is 13.3. The number of aliphatic hydroxyl groups excluding tert-OH is 2. The van der Waals surface area contributed by atoms with Crippen molar-refractivity contribution in [1.29, 1.82) is 5.26 Å². The maximum Gasteiger partial charge on any atom is 0.251 e. The van der Waals surface area contributed by atoms with E-state index in [0.29, 0.717) is 30.9 Å². The average molecular weight is 434 g/mol. The average Bonchev–Trinajstić information content (AvgIpc) is 2.76. The highest BCUT2D eigenvalue weighted by Gasteiger charge is 2.28. The van der Waals surface area contributed by atoms with Gasteiger partial charge in [-0.1, -0.05) is 11.6 Å². The quantitative estimate of drug-likeness (QED) is 0.631. The molecule has 2 heterocycles. The zero-order valence-corrected chi connectivity index (χ0v) is 16.8. The van der Waals surface area contributed by atoms with Crippen LogP contribution in [0.2, 0.25) is 5.15 Å². The molecule has 2 atom stereocenters. The first kappa shape index (κ1) is 21.9. The van der Waals surface area contributed by atoms with Crippen molar-refractivity contribution in [2.45, 2.75) is 25.0 Å². The van der Waals surface area contributed by atoms with Gasteiger partial charge in [0.15, 0.2) is 6.10 Å². The summed E-state index contributed by atoms with van der Waals surface area (Å²) in [6.45, 7) is 1.65. The second-order valence-electron chi connectivity index (χ2n) is 7.11. The molecule has 0 radical (unpaired) electrons. The van der Waals surface area contributed by atoms with Crippen molar-refractivity contribution in [3.05, 3.63) is 52.8 Å². The van der Waals surface area contributed by atoms with Gasteiger partial charge in [0.25, 0.3) is 5.91 Å². The van der Waals surface area contributed by atoms with Crippen LogP contribution in [-0.4, -0.2) is 51.8 Å². The predicted molar refractivity (Wildman–Crippen MR) is 107 cm³/mol. The Morgan fingerprint density at radius 3 is 2.77 bits per heavy atom. The second kappa shape index (κ2) is 9.80. The summed E-state index contributed by atoms with van der Waals surface area (Å²) in [6.07, 6.45) is 0.772. The lowest BCUT2D eigenvalue weighted by Crippen LogP contribution is -2.43. The smallest absolute Gasteiger partial charge is 0.251 e. The summed E-state index contributed by atoms with van der Waals surface area (Å²) in [7, 11) is 0. The van der Waals surface area contributed by atoms with Gasteiger partial charge in [-0.05, 0) is 37.0 Å². The molecule has 1 saturated heterocycles. The first-order valence-corrected chi connectivity index (χ1v) is 9.82. The number of benzene rings is 1. The van der Waals surface area contributed by atoms with E-state index in [1.54, 1.807) is 6.07 Å². The molecule has 8 nitrogen and oxygen atoms in total.